The molecule has 0 radical (unpaired) electrons. The number of rotatable bonds is 2. The second kappa shape index (κ2) is 5.51. The van der Waals surface area contributed by atoms with Gasteiger partial charge in [-0.05, 0) is 19.9 Å². The van der Waals surface area contributed by atoms with Gasteiger partial charge >= 0.3 is 0 Å². The van der Waals surface area contributed by atoms with Gasteiger partial charge < -0.3 is 10.9 Å². The third-order valence-corrected chi connectivity index (χ3v) is 5.03. The summed E-state index contributed by atoms with van der Waals surface area (Å²) in [5.74, 6) is 5.34. The fourth-order valence-corrected chi connectivity index (χ4v) is 3.76. The summed E-state index contributed by atoms with van der Waals surface area (Å²) in [7, 11) is 1.57. The van der Waals surface area contributed by atoms with Crippen LogP contribution in [0.1, 0.15) is 17.5 Å². The first kappa shape index (κ1) is 15.2. The molecule has 0 amide bonds. The molecule has 0 bridgehead atoms. The molecule has 6 nitrogen and oxygen atoms in total. The second-order valence-electron chi connectivity index (χ2n) is 5.25. The molecule has 0 aliphatic carbocycles. The molecule has 0 atom stereocenters. The van der Waals surface area contributed by atoms with E-state index in [-0.39, 0.29) is 16.9 Å². The van der Waals surface area contributed by atoms with Crippen molar-refractivity contribution in [1.29, 1.82) is 0 Å². The number of hydrogen-bond donors (Lipinski definition) is 2. The van der Waals surface area contributed by atoms with Crippen LogP contribution in [0.2, 0.25) is 0 Å². The van der Waals surface area contributed by atoms with Gasteiger partial charge in [0.15, 0.2) is 5.75 Å². The first-order chi connectivity index (χ1) is 11.0. The van der Waals surface area contributed by atoms with Crippen LogP contribution in [0.3, 0.4) is 0 Å². The van der Waals surface area contributed by atoms with Crippen molar-refractivity contribution in [3.8, 4) is 16.9 Å². The van der Waals surface area contributed by atoms with Crippen LogP contribution in [0, 0.1) is 6.92 Å². The van der Waals surface area contributed by atoms with Crippen molar-refractivity contribution in [3.05, 3.63) is 45.2 Å². The smallest absolute Gasteiger partial charge is 0.278 e. The standard InChI is InChI=1S/C16H16N4O2S/c1-8-14(21)13(16(22)20(3)19-8)12-10-6-4-5-7-11(10)23-15(12)9(2)18-17/h4-7,21H,17H2,1-3H3. The first-order valence-electron chi connectivity index (χ1n) is 6.99. The highest BCUT2D eigenvalue weighted by molar-refractivity contribution is 7.21. The van der Waals surface area contributed by atoms with E-state index >= 15 is 0 Å². The van der Waals surface area contributed by atoms with Crippen molar-refractivity contribution in [2.75, 3.05) is 0 Å². The van der Waals surface area contributed by atoms with Gasteiger partial charge in [0.05, 0.1) is 16.2 Å². The zero-order chi connectivity index (χ0) is 16.7. The van der Waals surface area contributed by atoms with E-state index in [2.05, 4.69) is 10.2 Å². The highest BCUT2D eigenvalue weighted by Gasteiger charge is 2.23. The average molecular weight is 328 g/mol. The van der Waals surface area contributed by atoms with Crippen LogP contribution in [0.25, 0.3) is 21.2 Å². The Morgan fingerprint density at radius 3 is 2.74 bits per heavy atom. The molecule has 0 spiro atoms. The van der Waals surface area contributed by atoms with Crippen LogP contribution >= 0.6 is 11.3 Å². The quantitative estimate of drug-likeness (QED) is 0.429. The number of fused-ring (bicyclic) bond motifs is 1. The van der Waals surface area contributed by atoms with Crippen LogP contribution in [-0.2, 0) is 7.05 Å². The largest absolute Gasteiger partial charge is 0.505 e. The van der Waals surface area contributed by atoms with E-state index in [0.717, 1.165) is 15.0 Å². The lowest BCUT2D eigenvalue weighted by atomic mass is 10.0. The molecule has 0 fully saturated rings. The molecule has 1 aromatic carbocycles. The number of nitrogens with two attached hydrogens (primary N) is 1. The Hall–Kier alpha value is -2.67. The summed E-state index contributed by atoms with van der Waals surface area (Å²) in [5.41, 5.74) is 1.53. The van der Waals surface area contributed by atoms with Gasteiger partial charge in [0.1, 0.15) is 5.69 Å². The Morgan fingerprint density at radius 1 is 1.35 bits per heavy atom. The minimum Gasteiger partial charge on any atom is -0.505 e. The monoisotopic (exact) mass is 328 g/mol. The molecule has 0 saturated heterocycles. The van der Waals surface area contributed by atoms with Gasteiger partial charge in [-0.2, -0.15) is 10.2 Å². The Labute approximate surface area is 136 Å². The number of hydrogen-bond acceptors (Lipinski definition) is 6. The van der Waals surface area contributed by atoms with Crippen molar-refractivity contribution in [2.45, 2.75) is 13.8 Å². The van der Waals surface area contributed by atoms with Gasteiger partial charge in [-0.1, -0.05) is 18.2 Å². The SMILES string of the molecule is CC(=NN)c1sc2ccccc2c1-c1c(O)c(C)nn(C)c1=O. The molecule has 0 unspecified atom stereocenters. The third kappa shape index (κ3) is 2.29. The zero-order valence-corrected chi connectivity index (χ0v) is 13.8. The molecule has 3 rings (SSSR count). The van der Waals surface area contributed by atoms with Crippen molar-refractivity contribution >= 4 is 27.1 Å². The van der Waals surface area contributed by atoms with Gasteiger partial charge in [0, 0.05) is 22.7 Å². The minimum atomic E-state index is -0.359. The molecule has 3 aromatic rings. The van der Waals surface area contributed by atoms with E-state index in [4.69, 9.17) is 5.84 Å². The molecule has 0 saturated carbocycles. The highest BCUT2D eigenvalue weighted by Crippen LogP contribution is 2.41. The van der Waals surface area contributed by atoms with Gasteiger partial charge in [0.2, 0.25) is 0 Å². The zero-order valence-electron chi connectivity index (χ0n) is 13.0. The maximum absolute atomic E-state index is 12.6. The molecule has 118 valence electrons. The predicted octanol–water partition coefficient (Wildman–Crippen LogP) is 2.36. The lowest BCUT2D eigenvalue weighted by Crippen LogP contribution is -2.22. The van der Waals surface area contributed by atoms with Crippen molar-refractivity contribution in [3.63, 3.8) is 0 Å². The Balaban J connectivity index is 2.53. The van der Waals surface area contributed by atoms with Crippen LogP contribution in [-0.4, -0.2) is 20.6 Å². The van der Waals surface area contributed by atoms with E-state index in [1.54, 1.807) is 20.9 Å². The third-order valence-electron chi connectivity index (χ3n) is 3.76. The lowest BCUT2D eigenvalue weighted by molar-refractivity contribution is 0.460. The predicted molar refractivity (Wildman–Crippen MR) is 93.1 cm³/mol. The van der Waals surface area contributed by atoms with Crippen molar-refractivity contribution in [1.82, 2.24) is 9.78 Å². The summed E-state index contributed by atoms with van der Waals surface area (Å²) in [6.07, 6.45) is 0. The molecule has 23 heavy (non-hydrogen) atoms. The van der Waals surface area contributed by atoms with Crippen molar-refractivity contribution < 1.29 is 5.11 Å². The van der Waals surface area contributed by atoms with Crippen LogP contribution in [0.5, 0.6) is 5.75 Å². The summed E-state index contributed by atoms with van der Waals surface area (Å²) in [4.78, 5) is 13.4. The molecule has 3 N–H and O–H groups in total. The van der Waals surface area contributed by atoms with E-state index in [1.807, 2.05) is 24.3 Å². The van der Waals surface area contributed by atoms with E-state index in [0.29, 0.717) is 17.0 Å². The maximum Gasteiger partial charge on any atom is 0.278 e. The van der Waals surface area contributed by atoms with Gasteiger partial charge in [-0.3, -0.25) is 4.79 Å². The lowest BCUT2D eigenvalue weighted by Gasteiger charge is -2.10. The second-order valence-corrected chi connectivity index (χ2v) is 6.31. The number of aromatic hydroxyl groups is 1. The number of aromatic nitrogens is 2. The Bertz CT molecular complexity index is 1000. The molecular weight excluding hydrogens is 312 g/mol. The minimum absolute atomic E-state index is 0.109. The molecule has 2 aromatic heterocycles. The molecular formula is C16H16N4O2S. The van der Waals surface area contributed by atoms with Crippen LogP contribution < -0.4 is 11.4 Å². The Morgan fingerprint density at radius 2 is 2.04 bits per heavy atom. The molecule has 7 heteroatoms. The van der Waals surface area contributed by atoms with Crippen LogP contribution in [0.4, 0.5) is 0 Å². The van der Waals surface area contributed by atoms with Gasteiger partial charge in [-0.25, -0.2) is 4.68 Å². The first-order valence-corrected chi connectivity index (χ1v) is 7.81. The topological polar surface area (TPSA) is 93.5 Å². The number of thiophene rings is 1. The van der Waals surface area contributed by atoms with Gasteiger partial charge in [0.25, 0.3) is 5.56 Å². The number of benzene rings is 1. The molecule has 0 aliphatic rings. The van der Waals surface area contributed by atoms with Crippen molar-refractivity contribution in [2.24, 2.45) is 18.0 Å². The van der Waals surface area contributed by atoms with E-state index in [9.17, 15) is 9.90 Å². The number of hydrazone groups is 1. The fraction of sp³-hybridized carbons (Fsp3) is 0.188. The Kier molecular flexibility index (Phi) is 3.65. The maximum atomic E-state index is 12.6. The number of nitrogens with zero attached hydrogens (tertiary/aromatic N) is 3. The summed E-state index contributed by atoms with van der Waals surface area (Å²) >= 11 is 1.49. The molecule has 0 aliphatic heterocycles. The summed E-state index contributed by atoms with van der Waals surface area (Å²) < 4.78 is 2.23. The highest BCUT2D eigenvalue weighted by atomic mass is 32.1. The normalized spacial score (nSPS) is 12.0. The summed E-state index contributed by atoms with van der Waals surface area (Å²) in [6, 6.07) is 7.71. The fourth-order valence-electron chi connectivity index (χ4n) is 2.59. The molecule has 2 heterocycles. The van der Waals surface area contributed by atoms with Gasteiger partial charge in [-0.15, -0.1) is 11.3 Å². The summed E-state index contributed by atoms with van der Waals surface area (Å²) in [6.45, 7) is 3.44. The van der Waals surface area contributed by atoms with E-state index < -0.39 is 0 Å². The van der Waals surface area contributed by atoms with Crippen LogP contribution in [0.15, 0.2) is 34.2 Å². The summed E-state index contributed by atoms with van der Waals surface area (Å²) in [5, 5.41) is 19.1. The average Bonchev–Trinajstić information content (AvgIpc) is 2.92. The van der Waals surface area contributed by atoms with E-state index in [1.165, 1.54) is 16.0 Å². The number of aryl methyl sites for hydroxylation is 2.